The second kappa shape index (κ2) is 11.3. The standard InChI is InChI=1S/C25H33N3O5S/c1-32-21-9-4-7-19(15-21)24(28-12-2-3-13-28)18-26-25(29)20-8-5-11-23(16-20)34(30,31)27-17-22-10-6-14-33-22/h4-5,7-9,11,15-16,22,24,27H,2-3,6,10,12-14,17-18H2,1H3,(H,26,29). The Balaban J connectivity index is 1.43. The number of amides is 1. The lowest BCUT2D eigenvalue weighted by Gasteiger charge is -2.28. The number of hydrogen-bond acceptors (Lipinski definition) is 6. The van der Waals surface area contributed by atoms with Gasteiger partial charge < -0.3 is 14.8 Å². The fourth-order valence-corrected chi connectivity index (χ4v) is 5.66. The number of hydrogen-bond donors (Lipinski definition) is 2. The quantitative estimate of drug-likeness (QED) is 0.535. The van der Waals surface area contributed by atoms with E-state index in [0.717, 1.165) is 50.1 Å². The van der Waals surface area contributed by atoms with Gasteiger partial charge in [0.1, 0.15) is 5.75 Å². The molecule has 0 bridgehead atoms. The van der Waals surface area contributed by atoms with Crippen molar-refractivity contribution < 1.29 is 22.7 Å². The average Bonchev–Trinajstić information content (AvgIpc) is 3.58. The first-order valence-electron chi connectivity index (χ1n) is 11.8. The number of sulfonamides is 1. The van der Waals surface area contributed by atoms with E-state index in [9.17, 15) is 13.2 Å². The predicted octanol–water partition coefficient (Wildman–Crippen LogP) is 2.72. The topological polar surface area (TPSA) is 97.0 Å². The highest BCUT2D eigenvalue weighted by Gasteiger charge is 2.25. The number of ether oxygens (including phenoxy) is 2. The molecule has 184 valence electrons. The third kappa shape index (κ3) is 6.15. The number of rotatable bonds is 10. The molecule has 2 saturated heterocycles. The molecule has 2 aromatic carbocycles. The molecule has 0 saturated carbocycles. The molecular weight excluding hydrogens is 454 g/mol. The Bertz CT molecular complexity index is 1080. The minimum Gasteiger partial charge on any atom is -0.497 e. The van der Waals surface area contributed by atoms with Gasteiger partial charge >= 0.3 is 0 Å². The van der Waals surface area contributed by atoms with E-state index >= 15 is 0 Å². The van der Waals surface area contributed by atoms with Crippen molar-refractivity contribution in [2.24, 2.45) is 0 Å². The maximum Gasteiger partial charge on any atom is 0.251 e. The number of methoxy groups -OCH3 is 1. The fraction of sp³-hybridized carbons (Fsp3) is 0.480. The summed E-state index contributed by atoms with van der Waals surface area (Å²) in [5.41, 5.74) is 1.39. The smallest absolute Gasteiger partial charge is 0.251 e. The van der Waals surface area contributed by atoms with E-state index < -0.39 is 10.0 Å². The second-order valence-corrected chi connectivity index (χ2v) is 10.5. The summed E-state index contributed by atoms with van der Waals surface area (Å²) in [6, 6.07) is 14.1. The molecular formula is C25H33N3O5S. The van der Waals surface area contributed by atoms with Crippen LogP contribution in [0.15, 0.2) is 53.4 Å². The minimum absolute atomic E-state index is 0.0153. The van der Waals surface area contributed by atoms with Crippen LogP contribution in [0.5, 0.6) is 5.75 Å². The molecule has 0 spiro atoms. The highest BCUT2D eigenvalue weighted by molar-refractivity contribution is 7.89. The third-order valence-corrected chi connectivity index (χ3v) is 7.87. The van der Waals surface area contributed by atoms with Crippen molar-refractivity contribution in [2.75, 3.05) is 39.9 Å². The largest absolute Gasteiger partial charge is 0.497 e. The maximum absolute atomic E-state index is 13.0. The molecule has 34 heavy (non-hydrogen) atoms. The van der Waals surface area contributed by atoms with E-state index in [4.69, 9.17) is 9.47 Å². The van der Waals surface area contributed by atoms with Gasteiger partial charge in [-0.3, -0.25) is 9.69 Å². The number of benzene rings is 2. The Morgan fingerprint density at radius 1 is 1.15 bits per heavy atom. The average molecular weight is 488 g/mol. The molecule has 1 amide bonds. The van der Waals surface area contributed by atoms with E-state index in [1.54, 1.807) is 19.2 Å². The van der Waals surface area contributed by atoms with Gasteiger partial charge in [-0.1, -0.05) is 18.2 Å². The summed E-state index contributed by atoms with van der Waals surface area (Å²) in [5, 5.41) is 3.01. The van der Waals surface area contributed by atoms with Gasteiger partial charge in [0.25, 0.3) is 5.91 Å². The lowest BCUT2D eigenvalue weighted by Crippen LogP contribution is -2.37. The molecule has 2 aromatic rings. The lowest BCUT2D eigenvalue weighted by molar-refractivity contribution is 0.0937. The number of nitrogens with zero attached hydrogens (tertiary/aromatic N) is 1. The zero-order chi connectivity index (χ0) is 24.0. The van der Waals surface area contributed by atoms with Gasteiger partial charge in [-0.2, -0.15) is 0 Å². The summed E-state index contributed by atoms with van der Waals surface area (Å²) in [4.78, 5) is 15.4. The first kappa shape index (κ1) is 24.7. The van der Waals surface area contributed by atoms with E-state index in [1.165, 1.54) is 12.1 Å². The van der Waals surface area contributed by atoms with Gasteiger partial charge in [0.2, 0.25) is 10.0 Å². The first-order valence-corrected chi connectivity index (χ1v) is 13.3. The lowest BCUT2D eigenvalue weighted by atomic mass is 10.0. The monoisotopic (exact) mass is 487 g/mol. The van der Waals surface area contributed by atoms with E-state index in [2.05, 4.69) is 14.9 Å². The van der Waals surface area contributed by atoms with E-state index in [-0.39, 0.29) is 29.5 Å². The van der Waals surface area contributed by atoms with Crippen LogP contribution in [0.3, 0.4) is 0 Å². The van der Waals surface area contributed by atoms with Gasteiger partial charge in [0, 0.05) is 25.3 Å². The minimum atomic E-state index is -3.73. The Hall–Kier alpha value is -2.46. The normalized spacial score (nSPS) is 19.7. The van der Waals surface area contributed by atoms with Crippen molar-refractivity contribution in [3.63, 3.8) is 0 Å². The van der Waals surface area contributed by atoms with Gasteiger partial charge in [-0.05, 0) is 74.7 Å². The Kier molecular flexibility index (Phi) is 8.20. The molecule has 2 atom stereocenters. The molecule has 2 aliphatic rings. The summed E-state index contributed by atoms with van der Waals surface area (Å²) in [5.74, 6) is 0.477. The van der Waals surface area contributed by atoms with Crippen molar-refractivity contribution >= 4 is 15.9 Å². The second-order valence-electron chi connectivity index (χ2n) is 8.76. The number of likely N-dealkylation sites (tertiary alicyclic amines) is 1. The van der Waals surface area contributed by atoms with Crippen molar-refractivity contribution in [2.45, 2.75) is 42.7 Å². The molecule has 2 fully saturated rings. The summed E-state index contributed by atoms with van der Waals surface area (Å²) in [6.45, 7) is 3.26. The Labute approximate surface area is 201 Å². The predicted molar refractivity (Wildman–Crippen MR) is 129 cm³/mol. The molecule has 0 radical (unpaired) electrons. The maximum atomic E-state index is 13.0. The molecule has 8 nitrogen and oxygen atoms in total. The SMILES string of the molecule is COc1cccc(C(CNC(=O)c2cccc(S(=O)(=O)NCC3CCCO3)c2)N2CCCC2)c1. The molecule has 0 aromatic heterocycles. The van der Waals surface area contributed by atoms with Crippen LogP contribution in [0.2, 0.25) is 0 Å². The third-order valence-electron chi connectivity index (χ3n) is 6.45. The van der Waals surface area contributed by atoms with Gasteiger partial charge in [0.05, 0.1) is 24.2 Å². The van der Waals surface area contributed by atoms with Crippen molar-refractivity contribution in [3.8, 4) is 5.75 Å². The van der Waals surface area contributed by atoms with Crippen LogP contribution in [-0.2, 0) is 14.8 Å². The van der Waals surface area contributed by atoms with Gasteiger partial charge in [-0.15, -0.1) is 0 Å². The molecule has 2 heterocycles. The van der Waals surface area contributed by atoms with Gasteiger partial charge in [-0.25, -0.2) is 13.1 Å². The zero-order valence-corrected chi connectivity index (χ0v) is 20.4. The van der Waals surface area contributed by atoms with Crippen molar-refractivity contribution in [1.29, 1.82) is 0 Å². The van der Waals surface area contributed by atoms with E-state index in [0.29, 0.717) is 18.7 Å². The van der Waals surface area contributed by atoms with Crippen LogP contribution in [0, 0.1) is 0 Å². The van der Waals surface area contributed by atoms with Gasteiger partial charge in [0.15, 0.2) is 0 Å². The molecule has 4 rings (SSSR count). The van der Waals surface area contributed by atoms with E-state index in [1.807, 2.05) is 24.3 Å². The Morgan fingerprint density at radius 2 is 1.94 bits per heavy atom. The molecule has 9 heteroatoms. The highest BCUT2D eigenvalue weighted by Crippen LogP contribution is 2.27. The van der Waals surface area contributed by atoms with Crippen LogP contribution in [0.1, 0.15) is 47.6 Å². The molecule has 2 N–H and O–H groups in total. The summed E-state index contributed by atoms with van der Waals surface area (Å²) in [7, 11) is -2.09. The van der Waals surface area contributed by atoms with Crippen LogP contribution in [0.25, 0.3) is 0 Å². The Morgan fingerprint density at radius 3 is 2.68 bits per heavy atom. The molecule has 2 unspecified atom stereocenters. The first-order chi connectivity index (χ1) is 16.5. The van der Waals surface area contributed by atoms with Crippen LogP contribution >= 0.6 is 0 Å². The summed E-state index contributed by atoms with van der Waals surface area (Å²) in [6.07, 6.45) is 3.95. The van der Waals surface area contributed by atoms with Crippen molar-refractivity contribution in [3.05, 3.63) is 59.7 Å². The summed E-state index contributed by atoms with van der Waals surface area (Å²) >= 11 is 0. The zero-order valence-electron chi connectivity index (χ0n) is 19.5. The number of carbonyl (C=O) groups excluding carboxylic acids is 1. The highest BCUT2D eigenvalue weighted by atomic mass is 32.2. The number of nitrogens with one attached hydrogen (secondary N) is 2. The fourth-order valence-electron chi connectivity index (χ4n) is 4.55. The molecule has 0 aliphatic carbocycles. The van der Waals surface area contributed by atoms with Crippen molar-refractivity contribution in [1.82, 2.24) is 14.9 Å². The van der Waals surface area contributed by atoms with Crippen LogP contribution in [0.4, 0.5) is 0 Å². The molecule has 2 aliphatic heterocycles. The van der Waals surface area contributed by atoms with Crippen LogP contribution < -0.4 is 14.8 Å². The van der Waals surface area contributed by atoms with Crippen LogP contribution in [-0.4, -0.2) is 65.2 Å². The summed E-state index contributed by atoms with van der Waals surface area (Å²) < 4.78 is 38.9. The number of carbonyl (C=O) groups is 1.